The number of rotatable bonds is 54. The Morgan fingerprint density at radius 3 is 1.06 bits per heavy atom. The molecular weight excluding hydrogens is 791 g/mol. The zero-order valence-electron chi connectivity index (χ0n) is 43.3. The van der Waals surface area contributed by atoms with E-state index in [1.807, 2.05) is 6.08 Å². The van der Waals surface area contributed by atoms with Gasteiger partial charge in [-0.25, -0.2) is 0 Å². The van der Waals surface area contributed by atoms with Crippen molar-refractivity contribution in [2.24, 2.45) is 0 Å². The molecule has 6 heteroatoms. The Balaban J connectivity index is 3.38. The zero-order chi connectivity index (χ0) is 46.5. The van der Waals surface area contributed by atoms with Gasteiger partial charge in [0.2, 0.25) is 5.91 Å². The molecule has 0 aliphatic rings. The number of carbonyl (C=O) groups excluding carboxylic acids is 2. The molecule has 0 aromatic rings. The second kappa shape index (κ2) is 54.2. The molecule has 0 saturated heterocycles. The van der Waals surface area contributed by atoms with Gasteiger partial charge in [-0.2, -0.15) is 0 Å². The summed E-state index contributed by atoms with van der Waals surface area (Å²) < 4.78 is 5.47. The fraction of sp³-hybridized carbons (Fsp3) is 0.931. The molecule has 0 radical (unpaired) electrons. The van der Waals surface area contributed by atoms with Crippen molar-refractivity contribution < 1.29 is 24.5 Å². The minimum absolute atomic E-state index is 0.0137. The molecule has 0 aliphatic heterocycles. The first kappa shape index (κ1) is 62.6. The first-order valence-corrected chi connectivity index (χ1v) is 29.0. The summed E-state index contributed by atoms with van der Waals surface area (Å²) in [6.07, 6.45) is 63.8. The van der Waals surface area contributed by atoms with Gasteiger partial charge in [0.15, 0.2) is 0 Å². The first-order chi connectivity index (χ1) is 31.5. The predicted octanol–water partition coefficient (Wildman–Crippen LogP) is 17.7. The maximum Gasteiger partial charge on any atom is 0.305 e. The van der Waals surface area contributed by atoms with Crippen LogP contribution in [-0.2, 0) is 14.3 Å². The molecule has 0 aromatic carbocycles. The highest BCUT2D eigenvalue weighted by Gasteiger charge is 2.18. The number of aliphatic hydroxyl groups excluding tert-OH is 2. The van der Waals surface area contributed by atoms with E-state index in [-0.39, 0.29) is 18.5 Å². The molecule has 0 aromatic heterocycles. The molecule has 0 heterocycles. The largest absolute Gasteiger partial charge is 0.466 e. The quantitative estimate of drug-likeness (QED) is 0.0321. The molecule has 0 rings (SSSR count). The van der Waals surface area contributed by atoms with Crippen molar-refractivity contribution in [1.82, 2.24) is 5.32 Å². The molecule has 380 valence electrons. The van der Waals surface area contributed by atoms with E-state index in [4.69, 9.17) is 4.74 Å². The summed E-state index contributed by atoms with van der Waals surface area (Å²) in [7, 11) is 0. The summed E-state index contributed by atoms with van der Waals surface area (Å²) >= 11 is 0. The normalized spacial score (nSPS) is 12.6. The average Bonchev–Trinajstić information content (AvgIpc) is 3.29. The van der Waals surface area contributed by atoms with E-state index in [0.29, 0.717) is 19.4 Å². The summed E-state index contributed by atoms with van der Waals surface area (Å²) in [6.45, 7) is 4.91. The predicted molar refractivity (Wildman–Crippen MR) is 278 cm³/mol. The van der Waals surface area contributed by atoms with E-state index in [1.165, 1.54) is 257 Å². The van der Waals surface area contributed by atoms with Crippen LogP contribution in [0.3, 0.4) is 0 Å². The lowest BCUT2D eigenvalue weighted by Gasteiger charge is -2.20. The highest BCUT2D eigenvalue weighted by atomic mass is 16.5. The van der Waals surface area contributed by atoms with Gasteiger partial charge < -0.3 is 20.3 Å². The molecule has 2 unspecified atom stereocenters. The van der Waals surface area contributed by atoms with Crippen molar-refractivity contribution in [3.05, 3.63) is 12.2 Å². The molecule has 0 spiro atoms. The van der Waals surface area contributed by atoms with Crippen LogP contribution >= 0.6 is 0 Å². The molecular formula is C58H113NO5. The van der Waals surface area contributed by atoms with Crippen molar-refractivity contribution in [2.45, 2.75) is 334 Å². The van der Waals surface area contributed by atoms with Crippen LogP contribution in [0.4, 0.5) is 0 Å². The lowest BCUT2D eigenvalue weighted by Crippen LogP contribution is -2.45. The molecule has 2 atom stereocenters. The molecule has 0 bridgehead atoms. The van der Waals surface area contributed by atoms with E-state index in [2.05, 4.69) is 19.2 Å². The Bertz CT molecular complexity index is 955. The number of ether oxygens (including phenoxy) is 1. The number of carbonyl (C=O) groups is 2. The summed E-state index contributed by atoms with van der Waals surface area (Å²) in [5.74, 6) is -0.0535. The second-order valence-electron chi connectivity index (χ2n) is 20.0. The summed E-state index contributed by atoms with van der Waals surface area (Å²) in [5.41, 5.74) is 0. The summed E-state index contributed by atoms with van der Waals surface area (Å²) in [5, 5.41) is 23.1. The third kappa shape index (κ3) is 50.0. The Kier molecular flexibility index (Phi) is 53.0. The minimum Gasteiger partial charge on any atom is -0.466 e. The number of unbranched alkanes of at least 4 members (excludes halogenated alkanes) is 43. The Hall–Kier alpha value is -1.40. The highest BCUT2D eigenvalue weighted by Crippen LogP contribution is 2.17. The number of allylic oxidation sites excluding steroid dienone is 1. The van der Waals surface area contributed by atoms with Crippen molar-refractivity contribution in [3.63, 3.8) is 0 Å². The molecule has 0 fully saturated rings. The number of amides is 1. The Morgan fingerprint density at radius 1 is 0.422 bits per heavy atom. The number of hydrogen-bond acceptors (Lipinski definition) is 5. The highest BCUT2D eigenvalue weighted by molar-refractivity contribution is 5.76. The van der Waals surface area contributed by atoms with Crippen LogP contribution in [-0.4, -0.2) is 47.4 Å². The molecule has 0 aliphatic carbocycles. The minimum atomic E-state index is -0.842. The van der Waals surface area contributed by atoms with Crippen LogP contribution in [0.15, 0.2) is 12.2 Å². The lowest BCUT2D eigenvalue weighted by atomic mass is 10.0. The summed E-state index contributed by atoms with van der Waals surface area (Å²) in [4.78, 5) is 24.4. The monoisotopic (exact) mass is 904 g/mol. The third-order valence-electron chi connectivity index (χ3n) is 13.6. The van der Waals surface area contributed by atoms with Gasteiger partial charge in [0.1, 0.15) is 0 Å². The second-order valence-corrected chi connectivity index (χ2v) is 20.0. The van der Waals surface area contributed by atoms with Gasteiger partial charge in [0, 0.05) is 12.8 Å². The average molecular weight is 905 g/mol. The van der Waals surface area contributed by atoms with Gasteiger partial charge in [-0.3, -0.25) is 9.59 Å². The molecule has 0 saturated carbocycles. The van der Waals surface area contributed by atoms with E-state index in [1.54, 1.807) is 6.08 Å². The van der Waals surface area contributed by atoms with Crippen LogP contribution < -0.4 is 5.32 Å². The molecule has 1 amide bonds. The van der Waals surface area contributed by atoms with Crippen molar-refractivity contribution >= 4 is 11.9 Å². The van der Waals surface area contributed by atoms with Crippen LogP contribution in [0.25, 0.3) is 0 Å². The van der Waals surface area contributed by atoms with Gasteiger partial charge in [0.25, 0.3) is 0 Å². The fourth-order valence-electron chi connectivity index (χ4n) is 9.11. The number of nitrogens with one attached hydrogen (secondary N) is 1. The molecule has 3 N–H and O–H groups in total. The van der Waals surface area contributed by atoms with Gasteiger partial charge in [0.05, 0.1) is 25.4 Å². The number of esters is 1. The van der Waals surface area contributed by atoms with E-state index in [0.717, 1.165) is 38.5 Å². The van der Waals surface area contributed by atoms with E-state index < -0.39 is 12.1 Å². The first-order valence-electron chi connectivity index (χ1n) is 29.0. The standard InChI is InChI=1S/C58H113NO5/c1-3-5-7-9-11-13-15-27-30-34-38-42-46-50-56(61)55(54-60)59-57(62)51-47-43-39-35-31-28-25-23-21-19-17-18-20-22-24-26-29-33-37-41-45-49-53-64-58(63)52-48-44-40-36-32-16-14-12-10-8-6-4-2/h46,50,55-56,60-61H,3-45,47-49,51-54H2,1-2H3,(H,59,62)/b50-46+. The van der Waals surface area contributed by atoms with Gasteiger partial charge in [-0.1, -0.05) is 289 Å². The maximum absolute atomic E-state index is 12.4. The van der Waals surface area contributed by atoms with Crippen LogP contribution in [0.2, 0.25) is 0 Å². The molecule has 64 heavy (non-hydrogen) atoms. The third-order valence-corrected chi connectivity index (χ3v) is 13.6. The smallest absolute Gasteiger partial charge is 0.305 e. The fourth-order valence-corrected chi connectivity index (χ4v) is 9.11. The SMILES string of the molecule is CCCCCCCCCCCCC/C=C/C(O)C(CO)NC(=O)CCCCCCCCCCCCCCCCCCCCCCCCOC(=O)CCCCCCCCCCCCCC. The van der Waals surface area contributed by atoms with Crippen molar-refractivity contribution in [1.29, 1.82) is 0 Å². The number of hydrogen-bond donors (Lipinski definition) is 3. The van der Waals surface area contributed by atoms with Gasteiger partial charge in [-0.15, -0.1) is 0 Å². The van der Waals surface area contributed by atoms with Crippen LogP contribution in [0.5, 0.6) is 0 Å². The Labute approximate surface area is 399 Å². The van der Waals surface area contributed by atoms with E-state index >= 15 is 0 Å². The lowest BCUT2D eigenvalue weighted by molar-refractivity contribution is -0.143. The van der Waals surface area contributed by atoms with Gasteiger partial charge in [-0.05, 0) is 32.1 Å². The molecule has 6 nitrogen and oxygen atoms in total. The Morgan fingerprint density at radius 2 is 0.719 bits per heavy atom. The van der Waals surface area contributed by atoms with Crippen molar-refractivity contribution in [3.8, 4) is 0 Å². The topological polar surface area (TPSA) is 95.9 Å². The zero-order valence-corrected chi connectivity index (χ0v) is 43.3. The maximum atomic E-state index is 12.4. The van der Waals surface area contributed by atoms with Crippen LogP contribution in [0.1, 0.15) is 322 Å². The summed E-state index contributed by atoms with van der Waals surface area (Å²) in [6, 6.07) is -0.626. The van der Waals surface area contributed by atoms with Gasteiger partial charge >= 0.3 is 5.97 Å². The number of aliphatic hydroxyl groups is 2. The van der Waals surface area contributed by atoms with Crippen molar-refractivity contribution in [2.75, 3.05) is 13.2 Å². The van der Waals surface area contributed by atoms with Crippen LogP contribution in [0, 0.1) is 0 Å². The van der Waals surface area contributed by atoms with E-state index in [9.17, 15) is 19.8 Å².